The van der Waals surface area contributed by atoms with E-state index in [4.69, 9.17) is 0 Å². The van der Waals surface area contributed by atoms with Crippen molar-refractivity contribution in [3.05, 3.63) is 12.2 Å². The molecule has 2 atom stereocenters. The second kappa shape index (κ2) is 3.00. The van der Waals surface area contributed by atoms with Gasteiger partial charge in [0, 0.05) is 0 Å². The fraction of sp³-hybridized carbons (Fsp3) is 0.818. The maximum absolute atomic E-state index is 2.40. The summed E-state index contributed by atoms with van der Waals surface area (Å²) in [4.78, 5) is 0. The first-order valence-corrected chi connectivity index (χ1v) is 4.72. The molecule has 0 aromatic heterocycles. The van der Waals surface area contributed by atoms with Gasteiger partial charge >= 0.3 is 0 Å². The summed E-state index contributed by atoms with van der Waals surface area (Å²) in [7, 11) is 0. The van der Waals surface area contributed by atoms with Gasteiger partial charge in [0.25, 0.3) is 0 Å². The summed E-state index contributed by atoms with van der Waals surface area (Å²) in [6, 6.07) is 0. The highest BCUT2D eigenvalue weighted by Gasteiger charge is 2.24. The smallest absolute Gasteiger partial charge is 0.0149 e. The van der Waals surface area contributed by atoms with E-state index < -0.39 is 0 Å². The summed E-state index contributed by atoms with van der Waals surface area (Å²) < 4.78 is 0. The Labute approximate surface area is 70.7 Å². The zero-order valence-electron chi connectivity index (χ0n) is 8.22. The molecule has 11 heavy (non-hydrogen) atoms. The van der Waals surface area contributed by atoms with E-state index in [0.29, 0.717) is 5.41 Å². The van der Waals surface area contributed by atoms with Crippen LogP contribution in [-0.4, -0.2) is 0 Å². The summed E-state index contributed by atoms with van der Waals surface area (Å²) in [5.74, 6) is 1.63. The Morgan fingerprint density at radius 2 is 1.82 bits per heavy atom. The molecule has 0 saturated carbocycles. The van der Waals surface area contributed by atoms with Crippen molar-refractivity contribution >= 4 is 0 Å². The van der Waals surface area contributed by atoms with Crippen molar-refractivity contribution in [2.75, 3.05) is 0 Å². The molecule has 0 aromatic carbocycles. The Morgan fingerprint density at radius 1 is 1.18 bits per heavy atom. The Bertz CT molecular complexity index is 153. The molecule has 0 spiro atoms. The monoisotopic (exact) mass is 152 g/mol. The van der Waals surface area contributed by atoms with E-state index in [2.05, 4.69) is 39.8 Å². The average Bonchev–Trinajstić information content (AvgIpc) is 2.03. The summed E-state index contributed by atoms with van der Waals surface area (Å²) >= 11 is 0. The van der Waals surface area contributed by atoms with Crippen molar-refractivity contribution in [1.82, 2.24) is 0 Å². The van der Waals surface area contributed by atoms with Crippen molar-refractivity contribution in [3.8, 4) is 0 Å². The third-order valence-electron chi connectivity index (χ3n) is 3.18. The SMILES string of the molecule is CC1C=CC(C)(C)C(C)CC1. The zero-order chi connectivity index (χ0) is 8.48. The van der Waals surface area contributed by atoms with E-state index in [1.54, 1.807) is 0 Å². The lowest BCUT2D eigenvalue weighted by molar-refractivity contribution is 0.288. The van der Waals surface area contributed by atoms with Gasteiger partial charge in [-0.25, -0.2) is 0 Å². The molecule has 0 fully saturated rings. The molecular formula is C11H20. The molecule has 0 aromatic rings. The van der Waals surface area contributed by atoms with Gasteiger partial charge in [0.15, 0.2) is 0 Å². The fourth-order valence-electron chi connectivity index (χ4n) is 1.56. The van der Waals surface area contributed by atoms with Crippen LogP contribution < -0.4 is 0 Å². The van der Waals surface area contributed by atoms with E-state index in [1.165, 1.54) is 12.8 Å². The van der Waals surface area contributed by atoms with Crippen LogP contribution >= 0.6 is 0 Å². The van der Waals surface area contributed by atoms with Crippen LogP contribution in [0.2, 0.25) is 0 Å². The minimum absolute atomic E-state index is 0.421. The third-order valence-corrected chi connectivity index (χ3v) is 3.18. The molecule has 0 nitrogen and oxygen atoms in total. The van der Waals surface area contributed by atoms with Crippen LogP contribution in [-0.2, 0) is 0 Å². The summed E-state index contributed by atoms with van der Waals surface area (Å²) in [5.41, 5.74) is 0.421. The molecule has 1 aliphatic rings. The van der Waals surface area contributed by atoms with E-state index in [0.717, 1.165) is 11.8 Å². The predicted molar refractivity (Wildman–Crippen MR) is 50.5 cm³/mol. The van der Waals surface area contributed by atoms with Gasteiger partial charge in [0.1, 0.15) is 0 Å². The topological polar surface area (TPSA) is 0 Å². The van der Waals surface area contributed by atoms with E-state index >= 15 is 0 Å². The van der Waals surface area contributed by atoms with Crippen LogP contribution in [0.15, 0.2) is 12.2 Å². The lowest BCUT2D eigenvalue weighted by atomic mass is 9.79. The lowest BCUT2D eigenvalue weighted by Crippen LogP contribution is -2.17. The molecule has 0 N–H and O–H groups in total. The molecule has 0 heterocycles. The van der Waals surface area contributed by atoms with E-state index in [1.807, 2.05) is 0 Å². The van der Waals surface area contributed by atoms with Crippen LogP contribution in [0.5, 0.6) is 0 Å². The highest BCUT2D eigenvalue weighted by Crippen LogP contribution is 2.35. The van der Waals surface area contributed by atoms with Gasteiger partial charge in [-0.1, -0.05) is 39.8 Å². The molecule has 0 saturated heterocycles. The van der Waals surface area contributed by atoms with E-state index in [9.17, 15) is 0 Å². The maximum atomic E-state index is 2.40. The van der Waals surface area contributed by atoms with Crippen LogP contribution in [0, 0.1) is 17.3 Å². The molecule has 1 rings (SSSR count). The molecule has 0 bridgehead atoms. The number of allylic oxidation sites excluding steroid dienone is 2. The Balaban J connectivity index is 2.72. The largest absolute Gasteiger partial charge is 0.0851 e. The van der Waals surface area contributed by atoms with Crippen LogP contribution in [0.1, 0.15) is 40.5 Å². The zero-order valence-corrected chi connectivity index (χ0v) is 8.22. The van der Waals surface area contributed by atoms with Gasteiger partial charge in [0.2, 0.25) is 0 Å². The second-order valence-corrected chi connectivity index (χ2v) is 4.64. The molecule has 64 valence electrons. The Kier molecular flexibility index (Phi) is 2.41. The van der Waals surface area contributed by atoms with Gasteiger partial charge in [-0.3, -0.25) is 0 Å². The average molecular weight is 152 g/mol. The first-order valence-electron chi connectivity index (χ1n) is 4.72. The molecule has 2 unspecified atom stereocenters. The van der Waals surface area contributed by atoms with Crippen LogP contribution in [0.3, 0.4) is 0 Å². The minimum Gasteiger partial charge on any atom is -0.0851 e. The van der Waals surface area contributed by atoms with Crippen LogP contribution in [0.4, 0.5) is 0 Å². The van der Waals surface area contributed by atoms with Crippen molar-refractivity contribution in [2.45, 2.75) is 40.5 Å². The van der Waals surface area contributed by atoms with Crippen molar-refractivity contribution < 1.29 is 0 Å². The Morgan fingerprint density at radius 3 is 2.45 bits per heavy atom. The van der Waals surface area contributed by atoms with Gasteiger partial charge < -0.3 is 0 Å². The summed E-state index contributed by atoms with van der Waals surface area (Å²) in [6.45, 7) is 9.35. The lowest BCUT2D eigenvalue weighted by Gasteiger charge is -2.26. The van der Waals surface area contributed by atoms with Crippen molar-refractivity contribution in [3.63, 3.8) is 0 Å². The number of rotatable bonds is 0. The van der Waals surface area contributed by atoms with Gasteiger partial charge in [-0.05, 0) is 30.1 Å². The fourth-order valence-corrected chi connectivity index (χ4v) is 1.56. The first-order chi connectivity index (χ1) is 5.02. The molecule has 0 aliphatic heterocycles. The van der Waals surface area contributed by atoms with Crippen molar-refractivity contribution in [1.29, 1.82) is 0 Å². The molecular weight excluding hydrogens is 132 g/mol. The van der Waals surface area contributed by atoms with Gasteiger partial charge in [0.05, 0.1) is 0 Å². The normalized spacial score (nSPS) is 36.7. The number of hydrogen-bond donors (Lipinski definition) is 0. The number of hydrogen-bond acceptors (Lipinski definition) is 0. The standard InChI is InChI=1S/C11H20/c1-9-5-6-10(2)11(3,4)8-7-9/h7-10H,5-6H2,1-4H3. The molecule has 0 heteroatoms. The third kappa shape index (κ3) is 2.08. The second-order valence-electron chi connectivity index (χ2n) is 4.64. The van der Waals surface area contributed by atoms with Gasteiger partial charge in [-0.15, -0.1) is 0 Å². The van der Waals surface area contributed by atoms with E-state index in [-0.39, 0.29) is 0 Å². The minimum atomic E-state index is 0.421. The maximum Gasteiger partial charge on any atom is -0.0149 e. The van der Waals surface area contributed by atoms with Crippen molar-refractivity contribution in [2.24, 2.45) is 17.3 Å². The van der Waals surface area contributed by atoms with Gasteiger partial charge in [-0.2, -0.15) is 0 Å². The first kappa shape index (κ1) is 8.83. The summed E-state index contributed by atoms with van der Waals surface area (Å²) in [5, 5.41) is 0. The molecule has 0 amide bonds. The molecule has 1 aliphatic carbocycles. The highest BCUT2D eigenvalue weighted by atomic mass is 14.3. The molecule has 0 radical (unpaired) electrons. The highest BCUT2D eigenvalue weighted by molar-refractivity contribution is 5.01. The Hall–Kier alpha value is -0.260. The quantitative estimate of drug-likeness (QED) is 0.465. The summed E-state index contributed by atoms with van der Waals surface area (Å²) in [6.07, 6.45) is 7.51. The van der Waals surface area contributed by atoms with Crippen LogP contribution in [0.25, 0.3) is 0 Å². The predicted octanol–water partition coefficient (Wildman–Crippen LogP) is 3.63.